The van der Waals surface area contributed by atoms with Crippen LogP contribution in [0.2, 0.25) is 0 Å². The van der Waals surface area contributed by atoms with Gasteiger partial charge in [-0.15, -0.1) is 0 Å². The summed E-state index contributed by atoms with van der Waals surface area (Å²) in [6, 6.07) is 30.7. The van der Waals surface area contributed by atoms with Crippen LogP contribution in [0.1, 0.15) is 5.56 Å². The molecule has 2 aliphatic heterocycles. The number of H-pyrrole nitrogens is 1. The van der Waals surface area contributed by atoms with Crippen LogP contribution in [0.3, 0.4) is 0 Å². The molecule has 0 saturated carbocycles. The number of nitrogens with one attached hydrogen (secondary N) is 1. The molecule has 5 aromatic carbocycles. The van der Waals surface area contributed by atoms with E-state index in [9.17, 15) is 0 Å². The van der Waals surface area contributed by atoms with Gasteiger partial charge in [0.25, 0.3) is 12.5 Å². The summed E-state index contributed by atoms with van der Waals surface area (Å²) in [5.74, 6) is 2.88. The molecular formula is C35H23BN3O2+. The Morgan fingerprint density at radius 2 is 1.61 bits per heavy atom. The van der Waals surface area contributed by atoms with Gasteiger partial charge in [-0.2, -0.15) is 0 Å². The van der Waals surface area contributed by atoms with Gasteiger partial charge in [-0.1, -0.05) is 42.5 Å². The number of aromatic nitrogens is 3. The molecule has 8 aromatic rings. The summed E-state index contributed by atoms with van der Waals surface area (Å²) < 4.78 is 17.8. The molecule has 41 heavy (non-hydrogen) atoms. The van der Waals surface area contributed by atoms with E-state index in [4.69, 9.17) is 9.15 Å². The zero-order valence-electron chi connectivity index (χ0n) is 22.5. The summed E-state index contributed by atoms with van der Waals surface area (Å²) in [7, 11) is 2.06. The number of para-hydroxylation sites is 2. The highest BCUT2D eigenvalue weighted by Gasteiger charge is 2.40. The van der Waals surface area contributed by atoms with E-state index in [0.29, 0.717) is 0 Å². The van der Waals surface area contributed by atoms with Crippen molar-refractivity contribution in [2.75, 3.05) is 0 Å². The molecule has 2 aliphatic rings. The first-order valence-electron chi connectivity index (χ1n) is 14.0. The first kappa shape index (κ1) is 21.6. The lowest BCUT2D eigenvalue weighted by Crippen LogP contribution is -2.58. The molecule has 0 aliphatic carbocycles. The number of aromatic amines is 1. The fourth-order valence-corrected chi connectivity index (χ4v) is 7.44. The summed E-state index contributed by atoms with van der Waals surface area (Å²) in [5.41, 5.74) is 11.5. The Balaban J connectivity index is 1.28. The Morgan fingerprint density at radius 1 is 0.780 bits per heavy atom. The summed E-state index contributed by atoms with van der Waals surface area (Å²) in [6.45, 7) is 2.19. The minimum absolute atomic E-state index is 0.0540. The van der Waals surface area contributed by atoms with E-state index in [-0.39, 0.29) is 6.71 Å². The van der Waals surface area contributed by atoms with E-state index in [1.54, 1.807) is 0 Å². The Morgan fingerprint density at radius 3 is 2.51 bits per heavy atom. The van der Waals surface area contributed by atoms with Gasteiger partial charge in [-0.05, 0) is 71.3 Å². The topological polar surface area (TPSA) is 47.0 Å². The lowest BCUT2D eigenvalue weighted by molar-refractivity contribution is -0.658. The van der Waals surface area contributed by atoms with E-state index in [0.717, 1.165) is 50.3 Å². The Kier molecular flexibility index (Phi) is 3.84. The van der Waals surface area contributed by atoms with Gasteiger partial charge in [0, 0.05) is 32.7 Å². The van der Waals surface area contributed by atoms with Crippen molar-refractivity contribution in [1.29, 1.82) is 0 Å². The summed E-state index contributed by atoms with van der Waals surface area (Å²) in [6.07, 6.45) is 4.00. The van der Waals surface area contributed by atoms with Crippen molar-refractivity contribution < 1.29 is 13.7 Å². The van der Waals surface area contributed by atoms with Crippen LogP contribution in [0.5, 0.6) is 11.5 Å². The third-order valence-electron chi connectivity index (χ3n) is 9.22. The molecule has 0 atom stereocenters. The van der Waals surface area contributed by atoms with Gasteiger partial charge < -0.3 is 13.7 Å². The molecule has 0 fully saturated rings. The maximum absolute atomic E-state index is 6.73. The van der Waals surface area contributed by atoms with Gasteiger partial charge >= 0.3 is 0 Å². The molecule has 0 saturated heterocycles. The SMILES string of the molecule is Cc1cc2oc3cc4c(cc3c2cc1-c1[nH]cc[n+]1C)Oc1cccc2c1B4c1cccc3c4ccccc4n-2c13. The van der Waals surface area contributed by atoms with Gasteiger partial charge in [0.15, 0.2) is 0 Å². The summed E-state index contributed by atoms with van der Waals surface area (Å²) in [5, 5.41) is 4.72. The van der Waals surface area contributed by atoms with Crippen LogP contribution >= 0.6 is 0 Å². The van der Waals surface area contributed by atoms with E-state index in [2.05, 4.69) is 113 Å². The maximum atomic E-state index is 6.73. The number of fused-ring (bicyclic) bond motifs is 10. The average Bonchev–Trinajstić information content (AvgIpc) is 3.67. The predicted octanol–water partition coefficient (Wildman–Crippen LogP) is 5.75. The molecular weight excluding hydrogens is 505 g/mol. The first-order chi connectivity index (χ1) is 20.2. The summed E-state index contributed by atoms with van der Waals surface area (Å²) >= 11 is 0. The van der Waals surface area contributed by atoms with Gasteiger partial charge in [0.05, 0.1) is 18.1 Å². The van der Waals surface area contributed by atoms with E-state index < -0.39 is 0 Å². The third-order valence-corrected chi connectivity index (χ3v) is 9.22. The standard InChI is InChI=1S/C35H22BN3O2/c1-19-15-30-23(16-22(19)35-37-13-14-38(35)2)24-17-32-26(18-31(24)41-30)36-25-9-5-8-21-20-7-3-4-10-27(20)39(34(21)25)28-11-6-12-29(40-32)33(28)36/h3-18H,1-2H3/p+1. The number of furan rings is 1. The van der Waals surface area contributed by atoms with E-state index in [1.807, 2.05) is 12.4 Å². The highest BCUT2D eigenvalue weighted by Crippen LogP contribution is 2.40. The predicted molar refractivity (Wildman–Crippen MR) is 165 cm³/mol. The van der Waals surface area contributed by atoms with Crippen molar-refractivity contribution in [3.8, 4) is 28.6 Å². The van der Waals surface area contributed by atoms with Crippen molar-refractivity contribution in [3.63, 3.8) is 0 Å². The lowest BCUT2D eigenvalue weighted by atomic mass is 9.34. The van der Waals surface area contributed by atoms with Gasteiger partial charge in [-0.3, -0.25) is 0 Å². The van der Waals surface area contributed by atoms with Crippen molar-refractivity contribution in [2.45, 2.75) is 6.92 Å². The number of aryl methyl sites for hydroxylation is 2. The summed E-state index contributed by atoms with van der Waals surface area (Å²) in [4.78, 5) is 3.39. The highest BCUT2D eigenvalue weighted by molar-refractivity contribution is 6.99. The van der Waals surface area contributed by atoms with E-state index >= 15 is 0 Å². The Hall–Kier alpha value is -5.23. The molecule has 1 N–H and O–H groups in total. The third kappa shape index (κ3) is 2.60. The molecule has 3 aromatic heterocycles. The minimum Gasteiger partial charge on any atom is -0.458 e. The monoisotopic (exact) mass is 528 g/mol. The number of benzene rings is 5. The van der Waals surface area contributed by atoms with Crippen molar-refractivity contribution in [1.82, 2.24) is 9.55 Å². The largest absolute Gasteiger partial charge is 0.458 e. The molecule has 0 amide bonds. The molecule has 10 rings (SSSR count). The zero-order valence-corrected chi connectivity index (χ0v) is 22.5. The van der Waals surface area contributed by atoms with Crippen LogP contribution < -0.4 is 25.7 Å². The van der Waals surface area contributed by atoms with Crippen LogP contribution in [0, 0.1) is 6.92 Å². The molecule has 5 nitrogen and oxygen atoms in total. The molecule has 5 heterocycles. The van der Waals surface area contributed by atoms with Gasteiger partial charge in [0.2, 0.25) is 0 Å². The minimum atomic E-state index is 0.0540. The second kappa shape index (κ2) is 7.29. The smallest absolute Gasteiger partial charge is 0.286 e. The fourth-order valence-electron chi connectivity index (χ4n) is 7.44. The number of imidazole rings is 1. The van der Waals surface area contributed by atoms with Gasteiger partial charge in [0.1, 0.15) is 35.1 Å². The van der Waals surface area contributed by atoms with E-state index in [1.165, 1.54) is 44.0 Å². The molecule has 6 heteroatoms. The second-order valence-electron chi connectivity index (χ2n) is 11.4. The van der Waals surface area contributed by atoms with Gasteiger partial charge in [-0.25, -0.2) is 9.55 Å². The van der Waals surface area contributed by atoms with Crippen molar-refractivity contribution >= 4 is 66.8 Å². The average molecular weight is 528 g/mol. The van der Waals surface area contributed by atoms with Crippen molar-refractivity contribution in [3.05, 3.63) is 103 Å². The maximum Gasteiger partial charge on any atom is 0.286 e. The van der Waals surface area contributed by atoms with Crippen LogP contribution in [0.15, 0.2) is 102 Å². The number of ether oxygens (including phenoxy) is 1. The quantitative estimate of drug-likeness (QED) is 0.218. The van der Waals surface area contributed by atoms with Crippen LogP contribution in [0.25, 0.3) is 60.8 Å². The molecule has 0 unspecified atom stereocenters. The van der Waals surface area contributed by atoms with Crippen molar-refractivity contribution in [2.24, 2.45) is 7.05 Å². The lowest BCUT2D eigenvalue weighted by Gasteiger charge is -2.33. The Bertz CT molecular complexity index is 2440. The van der Waals surface area contributed by atoms with Crippen LogP contribution in [0.4, 0.5) is 0 Å². The second-order valence-corrected chi connectivity index (χ2v) is 11.4. The normalized spacial score (nSPS) is 13.3. The fraction of sp³-hybridized carbons (Fsp3) is 0.0571. The highest BCUT2D eigenvalue weighted by atomic mass is 16.5. The Labute approximate surface area is 235 Å². The zero-order chi connectivity index (χ0) is 27.0. The molecule has 192 valence electrons. The first-order valence-corrected chi connectivity index (χ1v) is 14.0. The number of hydrogen-bond acceptors (Lipinski definition) is 2. The van der Waals surface area contributed by atoms with Crippen LogP contribution in [-0.2, 0) is 7.05 Å². The number of hydrogen-bond donors (Lipinski definition) is 1. The molecule has 0 bridgehead atoms. The molecule has 0 radical (unpaired) electrons. The van der Waals surface area contributed by atoms with Crippen LogP contribution in [-0.4, -0.2) is 16.3 Å². The number of rotatable bonds is 1. The number of nitrogens with zero attached hydrogens (tertiary/aromatic N) is 2. The molecule has 0 spiro atoms.